The van der Waals surface area contributed by atoms with Crippen LogP contribution in [0.5, 0.6) is 0 Å². The first kappa shape index (κ1) is 31.7. The van der Waals surface area contributed by atoms with Crippen LogP contribution in [0.4, 0.5) is 17.1 Å². The maximum atomic E-state index is 15.2. The van der Waals surface area contributed by atoms with Crippen molar-refractivity contribution < 1.29 is 14.6 Å². The van der Waals surface area contributed by atoms with Gasteiger partial charge in [0.1, 0.15) is 0 Å². The molecule has 2 aliphatic heterocycles. The van der Waals surface area contributed by atoms with Gasteiger partial charge in [-0.3, -0.25) is 4.79 Å². The van der Waals surface area contributed by atoms with Gasteiger partial charge in [0.2, 0.25) is 5.78 Å². The molecule has 0 fully saturated rings. The molecular formula is C51H32N4O3. The van der Waals surface area contributed by atoms with Gasteiger partial charge in [-0.2, -0.15) is 4.89 Å². The summed E-state index contributed by atoms with van der Waals surface area (Å²) in [6.07, 6.45) is 0. The van der Waals surface area contributed by atoms with Gasteiger partial charge in [-0.05, 0) is 45.2 Å². The van der Waals surface area contributed by atoms with Crippen LogP contribution in [0.3, 0.4) is 0 Å². The lowest BCUT2D eigenvalue weighted by molar-refractivity contribution is -0.232. The second-order valence-electron chi connectivity index (χ2n) is 15.5. The maximum absolute atomic E-state index is 15.2. The molecule has 0 saturated carbocycles. The first-order valence-corrected chi connectivity index (χ1v) is 19.5. The molecular weight excluding hydrogens is 717 g/mol. The Morgan fingerprint density at radius 1 is 0.500 bits per heavy atom. The molecule has 0 radical (unpaired) electrons. The third-order valence-corrected chi connectivity index (χ3v) is 12.8. The molecule has 0 aromatic heterocycles. The Morgan fingerprint density at radius 2 is 1.09 bits per heavy atom. The van der Waals surface area contributed by atoms with E-state index in [1.165, 1.54) is 18.2 Å². The predicted octanol–water partition coefficient (Wildman–Crippen LogP) is 9.36. The normalized spacial score (nSPS) is 17.4. The monoisotopic (exact) mass is 748 g/mol. The molecule has 0 unspecified atom stereocenters. The Hall–Kier alpha value is -7.48. The number of hydrogen-bond acceptors (Lipinski definition) is 7. The van der Waals surface area contributed by atoms with Gasteiger partial charge in [0.25, 0.3) is 0 Å². The van der Waals surface area contributed by atoms with Crippen molar-refractivity contribution in [3.63, 3.8) is 0 Å². The zero-order valence-electron chi connectivity index (χ0n) is 31.2. The quantitative estimate of drug-likeness (QED) is 0.123. The topological polar surface area (TPSA) is 84.0 Å². The average Bonchev–Trinajstić information content (AvgIpc) is 3.68. The molecule has 8 aromatic carbocycles. The fourth-order valence-corrected chi connectivity index (χ4v) is 10.4. The summed E-state index contributed by atoms with van der Waals surface area (Å²) in [5.74, 6) is 0.265. The van der Waals surface area contributed by atoms with Crippen molar-refractivity contribution in [1.29, 1.82) is 0 Å². The number of ketones is 1. The maximum Gasteiger partial charge on any atom is 0.202 e. The predicted molar refractivity (Wildman–Crippen MR) is 228 cm³/mol. The number of benzene rings is 8. The van der Waals surface area contributed by atoms with Crippen molar-refractivity contribution in [3.8, 4) is 22.3 Å². The van der Waals surface area contributed by atoms with Crippen LogP contribution in [-0.2, 0) is 25.9 Å². The van der Waals surface area contributed by atoms with Crippen molar-refractivity contribution in [2.75, 3.05) is 23.1 Å². The van der Waals surface area contributed by atoms with Crippen LogP contribution < -0.4 is 26.5 Å². The Labute approximate surface area is 332 Å². The third-order valence-electron chi connectivity index (χ3n) is 12.8. The third kappa shape index (κ3) is 3.81. The van der Waals surface area contributed by atoms with Gasteiger partial charge >= 0.3 is 0 Å². The molecule has 0 amide bonds. The molecule has 274 valence electrons. The molecule has 0 bridgehead atoms. The summed E-state index contributed by atoms with van der Waals surface area (Å²) >= 11 is 0. The molecule has 3 aliphatic carbocycles. The molecule has 13 rings (SSSR count). The zero-order valence-corrected chi connectivity index (χ0v) is 31.2. The highest BCUT2D eigenvalue weighted by atomic mass is 17.2. The Bertz CT molecular complexity index is 3290. The average molecular weight is 749 g/mol. The van der Waals surface area contributed by atoms with Gasteiger partial charge in [-0.15, -0.1) is 0 Å². The summed E-state index contributed by atoms with van der Waals surface area (Å²) in [5.41, 5.74) is 11.6. The van der Waals surface area contributed by atoms with E-state index in [-0.39, 0.29) is 5.78 Å². The summed E-state index contributed by atoms with van der Waals surface area (Å²) in [6, 6.07) is 54.6. The van der Waals surface area contributed by atoms with Crippen molar-refractivity contribution >= 4 is 55.5 Å². The number of carbonyl (C=O) groups is 1. The minimum atomic E-state index is -0.898. The van der Waals surface area contributed by atoms with E-state index in [0.717, 1.165) is 88.1 Å². The minimum Gasteiger partial charge on any atom is -0.355 e. The Balaban J connectivity index is 1.06. The second-order valence-corrected chi connectivity index (χ2v) is 15.5. The van der Waals surface area contributed by atoms with Crippen molar-refractivity contribution in [3.05, 3.63) is 202 Å². The molecule has 2 heterocycles. The number of rotatable bonds is 3. The van der Waals surface area contributed by atoms with Gasteiger partial charge in [0.15, 0.2) is 17.1 Å². The van der Waals surface area contributed by atoms with Gasteiger partial charge in [-0.25, -0.2) is 4.99 Å². The molecule has 5 aliphatic rings. The van der Waals surface area contributed by atoms with E-state index in [4.69, 9.17) is 14.8 Å². The van der Waals surface area contributed by atoms with Crippen molar-refractivity contribution in [2.45, 2.75) is 11.3 Å². The molecule has 58 heavy (non-hydrogen) atoms. The van der Waals surface area contributed by atoms with E-state index >= 15 is 4.79 Å². The van der Waals surface area contributed by atoms with E-state index in [2.05, 4.69) is 155 Å². The van der Waals surface area contributed by atoms with Gasteiger partial charge in [0.05, 0.1) is 35.0 Å². The highest BCUT2D eigenvalue weighted by Gasteiger charge is 2.49. The summed E-state index contributed by atoms with van der Waals surface area (Å²) in [7, 11) is 1.48. The zero-order chi connectivity index (χ0) is 38.3. The fourth-order valence-electron chi connectivity index (χ4n) is 10.4. The van der Waals surface area contributed by atoms with Crippen LogP contribution in [0.1, 0.15) is 27.8 Å². The molecule has 0 atom stereocenters. The number of anilines is 3. The SMILES string of the molecule is COOC1=C(c2ccc3cccc4c3c2NC2(N4)c3ccccc3-c3ccccc32)C(=O)/C1=c1\ccc2cccc3c2c1NC1(N=3)c2ccccc2-c2ccccc21. The molecule has 8 aromatic rings. The second kappa shape index (κ2) is 11.1. The van der Waals surface area contributed by atoms with Crippen LogP contribution in [0.2, 0.25) is 0 Å². The van der Waals surface area contributed by atoms with Crippen molar-refractivity contribution in [1.82, 2.24) is 0 Å². The molecule has 7 nitrogen and oxygen atoms in total. The number of allylic oxidation sites excluding steroid dienone is 2. The highest BCUT2D eigenvalue weighted by Crippen LogP contribution is 2.56. The summed E-state index contributed by atoms with van der Waals surface area (Å²) in [5, 5.41) is 17.5. The van der Waals surface area contributed by atoms with Crippen LogP contribution in [-0.4, -0.2) is 12.9 Å². The lowest BCUT2D eigenvalue weighted by atomic mass is 9.79. The van der Waals surface area contributed by atoms with Crippen LogP contribution in [0.15, 0.2) is 168 Å². The van der Waals surface area contributed by atoms with E-state index in [0.29, 0.717) is 16.9 Å². The first-order chi connectivity index (χ1) is 28.6. The minimum absolute atomic E-state index is 0.125. The highest BCUT2D eigenvalue weighted by molar-refractivity contribution is 6.52. The Kier molecular flexibility index (Phi) is 6.06. The van der Waals surface area contributed by atoms with E-state index < -0.39 is 11.3 Å². The fraction of sp³-hybridized carbons (Fsp3) is 0.0588. The summed E-state index contributed by atoms with van der Waals surface area (Å²) in [6.45, 7) is 0. The Morgan fingerprint density at radius 3 is 1.76 bits per heavy atom. The summed E-state index contributed by atoms with van der Waals surface area (Å²) < 4.78 is 0. The molecule has 0 saturated heterocycles. The van der Waals surface area contributed by atoms with Crippen molar-refractivity contribution in [2.24, 2.45) is 4.99 Å². The molecule has 3 N–H and O–H groups in total. The van der Waals surface area contributed by atoms with Crippen LogP contribution in [0, 0.1) is 0 Å². The number of nitrogens with one attached hydrogen (secondary N) is 3. The number of hydrogen-bond donors (Lipinski definition) is 3. The smallest absolute Gasteiger partial charge is 0.202 e. The van der Waals surface area contributed by atoms with Gasteiger partial charge < -0.3 is 20.8 Å². The standard InChI is InChI=1S/C51H32N4O3/c1-57-58-49-44(34-26-24-28-12-10-22-40-42(28)46(34)54-50(52-40)36-18-6-2-14-30(36)31-15-3-7-19-37(31)50)48(56)45(49)35-27-25-29-13-11-23-41-43(29)47(35)55-51(53-41)38-20-8-4-16-32(38)33-17-5-9-21-39(33)51/h2-27,52,54-55H,1H3/b45-35-. The van der Waals surface area contributed by atoms with Crippen LogP contribution in [0.25, 0.3) is 54.9 Å². The van der Waals surface area contributed by atoms with Crippen LogP contribution >= 0.6 is 0 Å². The number of carbonyl (C=O) groups excluding carboxylic acids is 1. The number of Topliss-reactive ketones (excluding diaryl/α,β-unsaturated/α-hetero) is 1. The lowest BCUT2D eigenvalue weighted by Gasteiger charge is -2.41. The summed E-state index contributed by atoms with van der Waals surface area (Å²) in [4.78, 5) is 32.2. The van der Waals surface area contributed by atoms with Gasteiger partial charge in [-0.1, -0.05) is 146 Å². The first-order valence-electron chi connectivity index (χ1n) is 19.5. The van der Waals surface area contributed by atoms with E-state index in [1.807, 2.05) is 18.2 Å². The molecule has 7 heteroatoms. The molecule has 2 spiro atoms. The van der Waals surface area contributed by atoms with E-state index in [9.17, 15) is 0 Å². The number of nitrogens with zero attached hydrogens (tertiary/aromatic N) is 1. The number of fused-ring (bicyclic) bond motifs is 10. The largest absolute Gasteiger partial charge is 0.355 e. The van der Waals surface area contributed by atoms with Gasteiger partial charge in [0, 0.05) is 49.5 Å². The van der Waals surface area contributed by atoms with E-state index in [1.54, 1.807) is 0 Å². The lowest BCUT2D eigenvalue weighted by Crippen LogP contribution is -2.45.